The second kappa shape index (κ2) is 7.71. The first kappa shape index (κ1) is 23.0. The molecule has 0 aromatic carbocycles. The Bertz CT molecular complexity index is 724. The van der Waals surface area contributed by atoms with Gasteiger partial charge in [-0.25, -0.2) is 8.42 Å². The molecule has 0 N–H and O–H groups in total. The Morgan fingerprint density at radius 3 is 1.97 bits per heavy atom. The summed E-state index contributed by atoms with van der Waals surface area (Å²) in [6.07, 6.45) is 8.14. The summed E-state index contributed by atoms with van der Waals surface area (Å²) < 4.78 is 30.4. The van der Waals surface area contributed by atoms with Crippen LogP contribution in [-0.2, 0) is 14.6 Å². The molecule has 0 radical (unpaired) electrons. The summed E-state index contributed by atoms with van der Waals surface area (Å²) in [6, 6.07) is 0. The summed E-state index contributed by atoms with van der Waals surface area (Å²) in [4.78, 5) is 5.24. The maximum atomic E-state index is 12.0. The first-order valence-electron chi connectivity index (χ1n) is 12.1. The van der Waals surface area contributed by atoms with E-state index in [-0.39, 0.29) is 16.5 Å². The van der Waals surface area contributed by atoms with Crippen molar-refractivity contribution in [2.24, 2.45) is 10.8 Å². The Kier molecular flexibility index (Phi) is 5.91. The van der Waals surface area contributed by atoms with E-state index in [9.17, 15) is 8.42 Å². The lowest BCUT2D eigenvalue weighted by molar-refractivity contribution is -0.000663. The minimum atomic E-state index is -2.80. The highest BCUT2D eigenvalue weighted by atomic mass is 32.2. The van der Waals surface area contributed by atoms with Crippen LogP contribution >= 0.6 is 0 Å². The number of sulfone groups is 1. The smallest absolute Gasteiger partial charge is 0.150 e. The van der Waals surface area contributed by atoms with Crippen molar-refractivity contribution in [2.75, 3.05) is 44.3 Å². The molecule has 4 aliphatic rings. The predicted molar refractivity (Wildman–Crippen MR) is 123 cm³/mol. The van der Waals surface area contributed by atoms with Crippen molar-refractivity contribution in [1.82, 2.24) is 9.80 Å². The molecule has 5 nitrogen and oxygen atoms in total. The maximum absolute atomic E-state index is 12.0. The third-order valence-electron chi connectivity index (χ3n) is 8.94. The fraction of sp³-hybridized carbons (Fsp3) is 1.00. The number of rotatable bonds is 3. The van der Waals surface area contributed by atoms with Crippen LogP contribution in [0.25, 0.3) is 0 Å². The summed E-state index contributed by atoms with van der Waals surface area (Å²) in [6.45, 7) is 17.1. The molecule has 0 aromatic rings. The molecular weight excluding hydrogens is 396 g/mol. The number of ether oxygens (including phenoxy) is 1. The van der Waals surface area contributed by atoms with Gasteiger partial charge >= 0.3 is 0 Å². The second-order valence-electron chi connectivity index (χ2n) is 12.6. The highest BCUT2D eigenvalue weighted by Gasteiger charge is 2.48. The van der Waals surface area contributed by atoms with Gasteiger partial charge in [-0.3, -0.25) is 9.80 Å². The van der Waals surface area contributed by atoms with Crippen molar-refractivity contribution in [1.29, 1.82) is 0 Å². The van der Waals surface area contributed by atoms with Crippen LogP contribution in [0.15, 0.2) is 0 Å². The average Bonchev–Trinajstić information content (AvgIpc) is 3.15. The molecule has 4 aliphatic heterocycles. The van der Waals surface area contributed by atoms with Crippen molar-refractivity contribution >= 4 is 9.84 Å². The fourth-order valence-corrected chi connectivity index (χ4v) is 8.93. The lowest BCUT2D eigenvalue weighted by Gasteiger charge is -2.47. The molecule has 4 fully saturated rings. The van der Waals surface area contributed by atoms with Gasteiger partial charge < -0.3 is 4.74 Å². The molecule has 2 spiro atoms. The van der Waals surface area contributed by atoms with Crippen LogP contribution in [0, 0.1) is 10.8 Å². The van der Waals surface area contributed by atoms with Gasteiger partial charge in [-0.05, 0) is 117 Å². The van der Waals surface area contributed by atoms with E-state index >= 15 is 0 Å². The minimum absolute atomic E-state index is 0.0698. The van der Waals surface area contributed by atoms with Crippen LogP contribution in [-0.4, -0.2) is 79.7 Å². The Labute approximate surface area is 184 Å². The van der Waals surface area contributed by atoms with Gasteiger partial charge in [0.05, 0.1) is 24.2 Å². The standard InChI is InChI=1S/C24H44N2O3S/c1-21(2,3)25-11-8-24(9-12-25)17-20(29-18-24)16-22(4,5)26-13-6-23(7-14-26)10-15-30(27,28)19-23/h20H,6-19H2,1-5H3. The van der Waals surface area contributed by atoms with Crippen LogP contribution in [0.3, 0.4) is 0 Å². The highest BCUT2D eigenvalue weighted by Crippen LogP contribution is 2.47. The third-order valence-corrected chi connectivity index (χ3v) is 10.8. The lowest BCUT2D eigenvalue weighted by atomic mass is 9.74. The number of likely N-dealkylation sites (tertiary alicyclic amines) is 2. The molecule has 30 heavy (non-hydrogen) atoms. The maximum Gasteiger partial charge on any atom is 0.150 e. The van der Waals surface area contributed by atoms with Crippen LogP contribution in [0.1, 0.15) is 79.6 Å². The van der Waals surface area contributed by atoms with E-state index in [1.54, 1.807) is 0 Å². The lowest BCUT2D eigenvalue weighted by Crippen LogP contribution is -2.52. The molecule has 0 saturated carbocycles. The molecule has 1 atom stereocenters. The molecule has 0 aromatic heterocycles. The number of hydrogen-bond acceptors (Lipinski definition) is 5. The monoisotopic (exact) mass is 440 g/mol. The third kappa shape index (κ3) is 4.77. The predicted octanol–water partition coefficient (Wildman–Crippen LogP) is 3.73. The van der Waals surface area contributed by atoms with Crippen LogP contribution < -0.4 is 0 Å². The zero-order valence-corrected chi connectivity index (χ0v) is 20.8. The van der Waals surface area contributed by atoms with Gasteiger partial charge in [0.1, 0.15) is 0 Å². The molecule has 6 heteroatoms. The van der Waals surface area contributed by atoms with E-state index in [1.165, 1.54) is 32.4 Å². The highest BCUT2D eigenvalue weighted by molar-refractivity contribution is 7.91. The quantitative estimate of drug-likeness (QED) is 0.669. The van der Waals surface area contributed by atoms with E-state index in [2.05, 4.69) is 44.4 Å². The van der Waals surface area contributed by atoms with Crippen LogP contribution in [0.4, 0.5) is 0 Å². The van der Waals surface area contributed by atoms with Crippen molar-refractivity contribution < 1.29 is 13.2 Å². The first-order valence-corrected chi connectivity index (χ1v) is 14.0. The van der Waals surface area contributed by atoms with Gasteiger partial charge in [-0.15, -0.1) is 0 Å². The van der Waals surface area contributed by atoms with Gasteiger partial charge in [0.2, 0.25) is 0 Å². The molecule has 0 amide bonds. The summed E-state index contributed by atoms with van der Waals surface area (Å²) in [5, 5.41) is 0. The van der Waals surface area contributed by atoms with Gasteiger partial charge in [0.15, 0.2) is 9.84 Å². The van der Waals surface area contributed by atoms with Crippen molar-refractivity contribution in [3.8, 4) is 0 Å². The average molecular weight is 441 g/mol. The van der Waals surface area contributed by atoms with Gasteiger partial charge in [0.25, 0.3) is 0 Å². The molecule has 4 heterocycles. The van der Waals surface area contributed by atoms with Crippen LogP contribution in [0.5, 0.6) is 0 Å². The van der Waals surface area contributed by atoms with E-state index < -0.39 is 9.84 Å². The summed E-state index contributed by atoms with van der Waals surface area (Å²) in [7, 11) is -2.80. The SMILES string of the molecule is CC(C)(C)N1CCC2(CC1)COC(CC(C)(C)N1CCC3(CC1)CCS(=O)(=O)C3)C2. The Morgan fingerprint density at radius 1 is 0.867 bits per heavy atom. The Morgan fingerprint density at radius 2 is 1.43 bits per heavy atom. The van der Waals surface area contributed by atoms with E-state index in [4.69, 9.17) is 4.74 Å². The van der Waals surface area contributed by atoms with Crippen molar-refractivity contribution in [2.45, 2.75) is 96.7 Å². The zero-order valence-electron chi connectivity index (χ0n) is 20.0. The van der Waals surface area contributed by atoms with Gasteiger partial charge in [0, 0.05) is 11.1 Å². The number of hydrogen-bond donors (Lipinski definition) is 0. The molecular formula is C24H44N2O3S. The van der Waals surface area contributed by atoms with Crippen molar-refractivity contribution in [3.05, 3.63) is 0 Å². The van der Waals surface area contributed by atoms with E-state index in [0.717, 1.165) is 45.4 Å². The molecule has 0 aliphatic carbocycles. The fourth-order valence-electron chi connectivity index (χ4n) is 6.68. The number of nitrogens with zero attached hydrogens (tertiary/aromatic N) is 2. The van der Waals surface area contributed by atoms with Crippen LogP contribution in [0.2, 0.25) is 0 Å². The molecule has 1 unspecified atom stereocenters. The minimum Gasteiger partial charge on any atom is -0.378 e. The second-order valence-corrected chi connectivity index (χ2v) is 14.8. The summed E-state index contributed by atoms with van der Waals surface area (Å²) >= 11 is 0. The largest absolute Gasteiger partial charge is 0.378 e. The summed E-state index contributed by atoms with van der Waals surface area (Å²) in [5.74, 6) is 0.829. The molecule has 0 bridgehead atoms. The van der Waals surface area contributed by atoms with Gasteiger partial charge in [-0.2, -0.15) is 0 Å². The normalized spacial score (nSPS) is 32.2. The first-order chi connectivity index (χ1) is 13.8. The van der Waals surface area contributed by atoms with E-state index in [0.29, 0.717) is 23.0 Å². The summed E-state index contributed by atoms with van der Waals surface area (Å²) in [5.41, 5.74) is 0.848. The number of piperidine rings is 2. The van der Waals surface area contributed by atoms with E-state index in [1.807, 2.05) is 0 Å². The Hall–Kier alpha value is -0.170. The Balaban J connectivity index is 1.29. The topological polar surface area (TPSA) is 49.9 Å². The van der Waals surface area contributed by atoms with Gasteiger partial charge in [-0.1, -0.05) is 0 Å². The molecule has 174 valence electrons. The molecule has 4 saturated heterocycles. The zero-order chi connectivity index (χ0) is 21.8. The molecule has 4 rings (SSSR count). The van der Waals surface area contributed by atoms with Crippen molar-refractivity contribution in [3.63, 3.8) is 0 Å².